The zero-order valence-electron chi connectivity index (χ0n) is 5.69. The Bertz CT molecular complexity index is 122. The summed E-state index contributed by atoms with van der Waals surface area (Å²) in [6.45, 7) is 6.48. The van der Waals surface area contributed by atoms with E-state index < -0.39 is 0 Å². The fourth-order valence-electron chi connectivity index (χ4n) is 2.00. The predicted octanol–water partition coefficient (Wildman–Crippen LogP) is 1.17. The van der Waals surface area contributed by atoms with Crippen molar-refractivity contribution in [3.05, 3.63) is 12.2 Å². The average Bonchev–Trinajstić information content (AvgIpc) is 2.19. The van der Waals surface area contributed by atoms with E-state index in [-0.39, 0.29) is 0 Å². The van der Waals surface area contributed by atoms with Crippen LogP contribution in [0.25, 0.3) is 0 Å². The molecule has 1 heterocycles. The molecule has 50 valence electrons. The maximum Gasteiger partial charge on any atom is 0.00171 e. The van der Waals surface area contributed by atoms with Crippen LogP contribution in [0.15, 0.2) is 12.2 Å². The van der Waals surface area contributed by atoms with Crippen molar-refractivity contribution in [3.63, 3.8) is 0 Å². The third-order valence-electron chi connectivity index (χ3n) is 2.69. The van der Waals surface area contributed by atoms with E-state index in [2.05, 4.69) is 11.9 Å². The summed E-state index contributed by atoms with van der Waals surface area (Å²) in [5.74, 6) is 1.65. The largest absolute Gasteiger partial charge is 0.316 e. The monoisotopic (exact) mass is 123 g/mol. The molecule has 1 heteroatoms. The Morgan fingerprint density at radius 2 is 1.78 bits per heavy atom. The van der Waals surface area contributed by atoms with Crippen LogP contribution in [0.4, 0.5) is 0 Å². The molecule has 0 aromatic heterocycles. The van der Waals surface area contributed by atoms with Gasteiger partial charge in [0.25, 0.3) is 0 Å². The molecule has 1 nitrogen and oxygen atoms in total. The van der Waals surface area contributed by atoms with Crippen molar-refractivity contribution in [2.45, 2.75) is 12.8 Å². The van der Waals surface area contributed by atoms with Gasteiger partial charge in [-0.2, -0.15) is 0 Å². The maximum atomic E-state index is 4.10. The van der Waals surface area contributed by atoms with Crippen molar-refractivity contribution >= 4 is 0 Å². The van der Waals surface area contributed by atoms with Gasteiger partial charge in [-0.1, -0.05) is 12.2 Å². The number of hydrogen-bond donors (Lipinski definition) is 1. The third kappa shape index (κ3) is 0.715. The summed E-state index contributed by atoms with van der Waals surface area (Å²) in [5.41, 5.74) is 1.52. The van der Waals surface area contributed by atoms with Crippen molar-refractivity contribution in [3.8, 4) is 0 Å². The van der Waals surface area contributed by atoms with Gasteiger partial charge in [0, 0.05) is 13.1 Å². The van der Waals surface area contributed by atoms with Crippen molar-refractivity contribution in [1.82, 2.24) is 5.32 Å². The number of hydrogen-bond acceptors (Lipinski definition) is 1. The standard InChI is InChI=1S/C8H13N/c1-6-7-2-3-8(6)5-9-4-7/h7-9H,1-5H2/t7-,8+. The van der Waals surface area contributed by atoms with Crippen LogP contribution >= 0.6 is 0 Å². The average molecular weight is 123 g/mol. The molecule has 0 aromatic carbocycles. The quantitative estimate of drug-likeness (QED) is 0.477. The lowest BCUT2D eigenvalue weighted by molar-refractivity contribution is 0.484. The molecule has 1 aliphatic carbocycles. The second kappa shape index (κ2) is 1.84. The van der Waals surface area contributed by atoms with Gasteiger partial charge in [-0.15, -0.1) is 0 Å². The van der Waals surface area contributed by atoms with Crippen molar-refractivity contribution in [1.29, 1.82) is 0 Å². The molecule has 0 spiro atoms. The first kappa shape index (κ1) is 5.48. The van der Waals surface area contributed by atoms with Crippen LogP contribution < -0.4 is 5.32 Å². The highest BCUT2D eigenvalue weighted by molar-refractivity contribution is 5.15. The second-order valence-corrected chi connectivity index (χ2v) is 3.20. The molecule has 1 saturated carbocycles. The molecular weight excluding hydrogens is 110 g/mol. The van der Waals surface area contributed by atoms with Gasteiger partial charge in [0.1, 0.15) is 0 Å². The van der Waals surface area contributed by atoms with E-state index >= 15 is 0 Å². The molecular formula is C8H13N. The molecule has 0 radical (unpaired) electrons. The van der Waals surface area contributed by atoms with Gasteiger partial charge in [0.15, 0.2) is 0 Å². The van der Waals surface area contributed by atoms with Gasteiger partial charge in [0.2, 0.25) is 0 Å². The SMILES string of the molecule is C=C1[C@@H]2CC[C@H]1CNC2. The van der Waals surface area contributed by atoms with Crippen LogP contribution in [0.5, 0.6) is 0 Å². The minimum absolute atomic E-state index is 0.823. The Labute approximate surface area is 56.1 Å². The fourth-order valence-corrected chi connectivity index (χ4v) is 2.00. The summed E-state index contributed by atoms with van der Waals surface area (Å²) < 4.78 is 0. The molecule has 1 aliphatic heterocycles. The van der Waals surface area contributed by atoms with Gasteiger partial charge in [-0.05, 0) is 24.7 Å². The maximum absolute atomic E-state index is 4.10. The fraction of sp³-hybridized carbons (Fsp3) is 0.750. The lowest BCUT2D eigenvalue weighted by Gasteiger charge is -2.22. The molecule has 2 rings (SSSR count). The van der Waals surface area contributed by atoms with Crippen LogP contribution in [0.3, 0.4) is 0 Å². The van der Waals surface area contributed by atoms with E-state index in [9.17, 15) is 0 Å². The van der Waals surface area contributed by atoms with E-state index in [1.165, 1.54) is 31.5 Å². The second-order valence-electron chi connectivity index (χ2n) is 3.20. The number of fused-ring (bicyclic) bond motifs is 2. The zero-order valence-corrected chi connectivity index (χ0v) is 5.69. The van der Waals surface area contributed by atoms with E-state index in [1.807, 2.05) is 0 Å². The summed E-state index contributed by atoms with van der Waals surface area (Å²) in [6.07, 6.45) is 2.77. The molecule has 2 aliphatic rings. The van der Waals surface area contributed by atoms with E-state index in [0.29, 0.717) is 0 Å². The molecule has 2 fully saturated rings. The van der Waals surface area contributed by atoms with Crippen molar-refractivity contribution < 1.29 is 0 Å². The Morgan fingerprint density at radius 3 is 2.22 bits per heavy atom. The zero-order chi connectivity index (χ0) is 6.27. The summed E-state index contributed by atoms with van der Waals surface area (Å²) >= 11 is 0. The summed E-state index contributed by atoms with van der Waals surface area (Å²) in [6, 6.07) is 0. The first-order valence-electron chi connectivity index (χ1n) is 3.77. The van der Waals surface area contributed by atoms with Gasteiger partial charge >= 0.3 is 0 Å². The van der Waals surface area contributed by atoms with Crippen molar-refractivity contribution in [2.24, 2.45) is 11.8 Å². The first-order valence-corrected chi connectivity index (χ1v) is 3.77. The Hall–Kier alpha value is -0.300. The van der Waals surface area contributed by atoms with Gasteiger partial charge in [-0.3, -0.25) is 0 Å². The van der Waals surface area contributed by atoms with E-state index in [4.69, 9.17) is 0 Å². The smallest absolute Gasteiger partial charge is 0.00171 e. The first-order chi connectivity index (χ1) is 4.38. The van der Waals surface area contributed by atoms with Gasteiger partial charge in [0.05, 0.1) is 0 Å². The van der Waals surface area contributed by atoms with Crippen LogP contribution in [-0.2, 0) is 0 Å². The van der Waals surface area contributed by atoms with Crippen LogP contribution in [0, 0.1) is 11.8 Å². The van der Waals surface area contributed by atoms with Gasteiger partial charge in [-0.25, -0.2) is 0 Å². The summed E-state index contributed by atoms with van der Waals surface area (Å²) in [4.78, 5) is 0. The topological polar surface area (TPSA) is 12.0 Å². The highest BCUT2D eigenvalue weighted by Gasteiger charge is 2.31. The number of piperidine rings is 1. The predicted molar refractivity (Wildman–Crippen MR) is 38.2 cm³/mol. The highest BCUT2D eigenvalue weighted by atomic mass is 14.9. The Balaban J connectivity index is 2.19. The number of rotatable bonds is 0. The van der Waals surface area contributed by atoms with Gasteiger partial charge < -0.3 is 5.32 Å². The highest BCUT2D eigenvalue weighted by Crippen LogP contribution is 2.36. The molecule has 1 saturated heterocycles. The van der Waals surface area contributed by atoms with Crippen LogP contribution in [-0.4, -0.2) is 13.1 Å². The number of nitrogens with one attached hydrogen (secondary N) is 1. The molecule has 2 bridgehead atoms. The molecule has 1 N–H and O–H groups in total. The molecule has 9 heavy (non-hydrogen) atoms. The van der Waals surface area contributed by atoms with E-state index in [1.54, 1.807) is 0 Å². The van der Waals surface area contributed by atoms with Crippen LogP contribution in [0.1, 0.15) is 12.8 Å². The van der Waals surface area contributed by atoms with Crippen LogP contribution in [0.2, 0.25) is 0 Å². The minimum Gasteiger partial charge on any atom is -0.316 e. The molecule has 0 aromatic rings. The Kier molecular flexibility index (Phi) is 1.12. The molecule has 2 atom stereocenters. The Morgan fingerprint density at radius 1 is 1.22 bits per heavy atom. The normalized spacial score (nSPS) is 41.6. The lowest BCUT2D eigenvalue weighted by atomic mass is 9.95. The van der Waals surface area contributed by atoms with E-state index in [0.717, 1.165) is 11.8 Å². The molecule has 0 unspecified atom stereocenters. The summed E-state index contributed by atoms with van der Waals surface area (Å²) in [5, 5.41) is 3.42. The van der Waals surface area contributed by atoms with Crippen molar-refractivity contribution in [2.75, 3.05) is 13.1 Å². The lowest BCUT2D eigenvalue weighted by Crippen LogP contribution is -2.32. The molecule has 0 amide bonds. The third-order valence-corrected chi connectivity index (χ3v) is 2.69. The minimum atomic E-state index is 0.823. The summed E-state index contributed by atoms with van der Waals surface area (Å²) in [7, 11) is 0.